The molecule has 0 fully saturated rings. The molecule has 0 aliphatic heterocycles. The summed E-state index contributed by atoms with van der Waals surface area (Å²) in [5.41, 5.74) is 3.05. The molecule has 126 valence electrons. The lowest BCUT2D eigenvalue weighted by Gasteiger charge is -2.10. The summed E-state index contributed by atoms with van der Waals surface area (Å²) in [6.07, 6.45) is 3.55. The van der Waals surface area contributed by atoms with E-state index >= 15 is 0 Å². The smallest absolute Gasteiger partial charge is 0.271 e. The van der Waals surface area contributed by atoms with Crippen molar-refractivity contribution in [3.63, 3.8) is 0 Å². The zero-order chi connectivity index (χ0) is 17.6. The van der Waals surface area contributed by atoms with Crippen LogP contribution in [0, 0.1) is 0 Å². The van der Waals surface area contributed by atoms with Crippen LogP contribution >= 0.6 is 15.9 Å². The Bertz CT molecular complexity index is 1160. The molecule has 0 amide bonds. The van der Waals surface area contributed by atoms with Crippen molar-refractivity contribution in [2.75, 3.05) is 6.61 Å². The summed E-state index contributed by atoms with van der Waals surface area (Å²) in [6, 6.07) is 9.45. The molecule has 0 unspecified atom stereocenters. The number of rotatable bonds is 3. The first-order valence-corrected chi connectivity index (χ1v) is 8.64. The first kappa shape index (κ1) is 15.8. The van der Waals surface area contributed by atoms with E-state index in [0.29, 0.717) is 22.5 Å². The number of fused-ring (bicyclic) bond motifs is 2. The molecule has 0 spiro atoms. The summed E-state index contributed by atoms with van der Waals surface area (Å²) in [7, 11) is 1.93. The Balaban J connectivity index is 1.94. The quantitative estimate of drug-likeness (QED) is 0.530. The number of aryl methyl sites for hydroxylation is 1. The van der Waals surface area contributed by atoms with Gasteiger partial charge in [-0.05, 0) is 47.1 Å². The number of imidazole rings is 1. The minimum absolute atomic E-state index is 0.171. The average Bonchev–Trinajstić information content (AvgIpc) is 2.99. The van der Waals surface area contributed by atoms with Gasteiger partial charge in [-0.2, -0.15) is 0 Å². The maximum absolute atomic E-state index is 12.8. The van der Waals surface area contributed by atoms with Gasteiger partial charge in [0.2, 0.25) is 5.88 Å². The number of halogens is 1. The lowest BCUT2D eigenvalue weighted by molar-refractivity contribution is 0.328. The summed E-state index contributed by atoms with van der Waals surface area (Å²) in [4.78, 5) is 21.6. The lowest BCUT2D eigenvalue weighted by Crippen LogP contribution is -2.19. The predicted octanol–water partition coefficient (Wildman–Crippen LogP) is 3.43. The fourth-order valence-corrected chi connectivity index (χ4v) is 3.33. The van der Waals surface area contributed by atoms with Crippen molar-refractivity contribution < 1.29 is 4.74 Å². The Kier molecular flexibility index (Phi) is 3.80. The molecule has 0 aliphatic carbocycles. The molecule has 3 aromatic heterocycles. The van der Waals surface area contributed by atoms with E-state index in [9.17, 15) is 4.79 Å². The third kappa shape index (κ3) is 2.60. The molecule has 4 rings (SSSR count). The van der Waals surface area contributed by atoms with E-state index < -0.39 is 0 Å². The molecule has 3 heterocycles. The Morgan fingerprint density at radius 2 is 2.08 bits per heavy atom. The minimum atomic E-state index is -0.171. The van der Waals surface area contributed by atoms with Crippen molar-refractivity contribution in [1.29, 1.82) is 0 Å². The standard InChI is InChI=1S/C18H15BrN4O2/c1-3-25-15-7-4-11-9-23(18(24)16(19)17(11)21-15)12-5-6-13-14(8-12)22(2)10-20-13/h4-10H,3H2,1-2H3. The van der Waals surface area contributed by atoms with E-state index in [4.69, 9.17) is 4.74 Å². The number of pyridine rings is 2. The molecule has 4 aromatic rings. The van der Waals surface area contributed by atoms with E-state index in [0.717, 1.165) is 22.1 Å². The van der Waals surface area contributed by atoms with Gasteiger partial charge in [-0.3, -0.25) is 9.36 Å². The second-order valence-corrected chi connectivity index (χ2v) is 6.46. The topological polar surface area (TPSA) is 61.9 Å². The molecule has 0 aliphatic rings. The van der Waals surface area contributed by atoms with Gasteiger partial charge in [0, 0.05) is 24.7 Å². The van der Waals surface area contributed by atoms with Crippen molar-refractivity contribution in [1.82, 2.24) is 19.1 Å². The molecule has 0 saturated carbocycles. The van der Waals surface area contributed by atoms with E-state index in [2.05, 4.69) is 25.9 Å². The molecular weight excluding hydrogens is 384 g/mol. The van der Waals surface area contributed by atoms with Crippen LogP contribution in [0.25, 0.3) is 27.6 Å². The number of hydrogen-bond acceptors (Lipinski definition) is 4. The molecule has 25 heavy (non-hydrogen) atoms. The zero-order valence-electron chi connectivity index (χ0n) is 13.7. The maximum Gasteiger partial charge on any atom is 0.271 e. The van der Waals surface area contributed by atoms with E-state index in [1.54, 1.807) is 23.2 Å². The van der Waals surface area contributed by atoms with Crippen LogP contribution in [0.5, 0.6) is 5.88 Å². The molecule has 0 N–H and O–H groups in total. The van der Waals surface area contributed by atoms with Crippen molar-refractivity contribution in [2.24, 2.45) is 7.05 Å². The van der Waals surface area contributed by atoms with Gasteiger partial charge < -0.3 is 9.30 Å². The third-order valence-electron chi connectivity index (χ3n) is 4.06. The summed E-state index contributed by atoms with van der Waals surface area (Å²) < 4.78 is 9.38. The molecule has 0 radical (unpaired) electrons. The van der Waals surface area contributed by atoms with E-state index in [-0.39, 0.29) is 5.56 Å². The number of aromatic nitrogens is 4. The molecule has 6 nitrogen and oxygen atoms in total. The Morgan fingerprint density at radius 1 is 1.24 bits per heavy atom. The second kappa shape index (κ2) is 6.00. The Labute approximate surface area is 151 Å². The van der Waals surface area contributed by atoms with Crippen LogP contribution in [0.15, 0.2) is 52.1 Å². The first-order valence-electron chi connectivity index (χ1n) is 7.84. The summed E-state index contributed by atoms with van der Waals surface area (Å²) >= 11 is 3.40. The Morgan fingerprint density at radius 3 is 2.88 bits per heavy atom. The Hall–Kier alpha value is -2.67. The highest BCUT2D eigenvalue weighted by Crippen LogP contribution is 2.24. The van der Waals surface area contributed by atoms with Gasteiger partial charge in [0.25, 0.3) is 5.56 Å². The van der Waals surface area contributed by atoms with Crippen LogP contribution in [0.1, 0.15) is 6.92 Å². The van der Waals surface area contributed by atoms with Gasteiger partial charge in [0.1, 0.15) is 4.47 Å². The number of hydrogen-bond donors (Lipinski definition) is 0. The van der Waals surface area contributed by atoms with Crippen molar-refractivity contribution in [2.45, 2.75) is 6.92 Å². The van der Waals surface area contributed by atoms with Crippen molar-refractivity contribution >= 4 is 37.9 Å². The van der Waals surface area contributed by atoms with Gasteiger partial charge in [-0.15, -0.1) is 0 Å². The fourth-order valence-electron chi connectivity index (χ4n) is 2.82. The zero-order valence-corrected chi connectivity index (χ0v) is 15.3. The van der Waals surface area contributed by atoms with Crippen molar-refractivity contribution in [3.8, 4) is 11.6 Å². The van der Waals surface area contributed by atoms with Crippen LogP contribution in [0.2, 0.25) is 0 Å². The molecule has 0 bridgehead atoms. The summed E-state index contributed by atoms with van der Waals surface area (Å²) in [6.45, 7) is 2.42. The largest absolute Gasteiger partial charge is 0.478 e. The van der Waals surface area contributed by atoms with Crippen LogP contribution in [0.4, 0.5) is 0 Å². The molecule has 7 heteroatoms. The number of nitrogens with zero attached hydrogens (tertiary/aromatic N) is 4. The van der Waals surface area contributed by atoms with Gasteiger partial charge in [0.05, 0.1) is 35.2 Å². The highest BCUT2D eigenvalue weighted by atomic mass is 79.9. The lowest BCUT2D eigenvalue weighted by atomic mass is 10.2. The second-order valence-electron chi connectivity index (χ2n) is 5.67. The molecule has 0 saturated heterocycles. The van der Waals surface area contributed by atoms with Gasteiger partial charge in [0.15, 0.2) is 0 Å². The SMILES string of the molecule is CCOc1ccc2cn(-c3ccc4ncn(C)c4c3)c(=O)c(Br)c2n1. The monoisotopic (exact) mass is 398 g/mol. The highest BCUT2D eigenvalue weighted by molar-refractivity contribution is 9.10. The van der Waals surface area contributed by atoms with Gasteiger partial charge in [-0.25, -0.2) is 9.97 Å². The van der Waals surface area contributed by atoms with Crippen LogP contribution < -0.4 is 10.3 Å². The first-order chi connectivity index (χ1) is 12.1. The predicted molar refractivity (Wildman–Crippen MR) is 100 cm³/mol. The number of ether oxygens (including phenoxy) is 1. The van der Waals surface area contributed by atoms with Crippen molar-refractivity contribution in [3.05, 3.63) is 57.7 Å². The van der Waals surface area contributed by atoms with Gasteiger partial charge in [-0.1, -0.05) is 0 Å². The highest BCUT2D eigenvalue weighted by Gasteiger charge is 2.12. The van der Waals surface area contributed by atoms with Crippen LogP contribution in [-0.2, 0) is 7.05 Å². The normalized spacial score (nSPS) is 11.3. The fraction of sp³-hybridized carbons (Fsp3) is 0.167. The molecule has 1 aromatic carbocycles. The third-order valence-corrected chi connectivity index (χ3v) is 4.78. The molecule has 0 atom stereocenters. The van der Waals surface area contributed by atoms with Crippen LogP contribution in [0.3, 0.4) is 0 Å². The summed E-state index contributed by atoms with van der Waals surface area (Å²) in [5.74, 6) is 0.504. The minimum Gasteiger partial charge on any atom is -0.478 e. The van der Waals surface area contributed by atoms with E-state index in [1.807, 2.05) is 42.8 Å². The average molecular weight is 399 g/mol. The molecular formula is C18H15BrN4O2. The van der Waals surface area contributed by atoms with E-state index in [1.165, 1.54) is 0 Å². The van der Waals surface area contributed by atoms with Gasteiger partial charge >= 0.3 is 0 Å². The summed E-state index contributed by atoms with van der Waals surface area (Å²) in [5, 5.41) is 0.847. The number of benzene rings is 1. The maximum atomic E-state index is 12.8. The van der Waals surface area contributed by atoms with Crippen LogP contribution in [-0.4, -0.2) is 25.7 Å².